The molecule has 0 unspecified atom stereocenters. The van der Waals surface area contributed by atoms with Gasteiger partial charge in [0.05, 0.1) is 25.8 Å². The van der Waals surface area contributed by atoms with E-state index in [2.05, 4.69) is 10.3 Å². The van der Waals surface area contributed by atoms with Gasteiger partial charge in [0.1, 0.15) is 5.70 Å². The van der Waals surface area contributed by atoms with Gasteiger partial charge in [-0.1, -0.05) is 0 Å². The number of aliphatic hydroxyl groups excluding tert-OH is 1. The third-order valence-corrected chi connectivity index (χ3v) is 4.27. The molecule has 0 saturated carbocycles. The molecule has 8 nitrogen and oxygen atoms in total. The van der Waals surface area contributed by atoms with Crippen LogP contribution < -0.4 is 10.9 Å². The summed E-state index contributed by atoms with van der Waals surface area (Å²) >= 11 is 0. The van der Waals surface area contributed by atoms with Gasteiger partial charge in [0.15, 0.2) is 0 Å². The number of hydrogen-bond acceptors (Lipinski definition) is 6. The molecule has 0 saturated heterocycles. The number of pyridine rings is 1. The van der Waals surface area contributed by atoms with Gasteiger partial charge in [-0.05, 0) is 30.7 Å². The monoisotopic (exact) mass is 357 g/mol. The zero-order valence-electron chi connectivity index (χ0n) is 14.5. The fourth-order valence-electron chi connectivity index (χ4n) is 2.99. The molecule has 3 rings (SSSR count). The molecule has 3 N–H and O–H groups in total. The highest BCUT2D eigenvalue weighted by Crippen LogP contribution is 2.25. The molecule has 8 heteroatoms. The molecule has 0 atom stereocenters. The highest BCUT2D eigenvalue weighted by atomic mass is 16.5. The quantitative estimate of drug-likeness (QED) is 0.672. The molecule has 2 aromatic rings. The van der Waals surface area contributed by atoms with Crippen LogP contribution in [0.5, 0.6) is 0 Å². The van der Waals surface area contributed by atoms with Gasteiger partial charge in [-0.3, -0.25) is 9.59 Å². The van der Waals surface area contributed by atoms with Crippen LogP contribution in [0.3, 0.4) is 0 Å². The number of benzene rings is 1. The Morgan fingerprint density at radius 2 is 2.12 bits per heavy atom. The van der Waals surface area contributed by atoms with Crippen molar-refractivity contribution >= 4 is 28.5 Å². The normalized spacial score (nSPS) is 14.3. The van der Waals surface area contributed by atoms with Crippen LogP contribution in [0.15, 0.2) is 40.3 Å². The van der Waals surface area contributed by atoms with Crippen molar-refractivity contribution in [3.8, 4) is 0 Å². The number of aliphatic hydroxyl groups is 1. The number of nitrogens with zero attached hydrogens (tertiary/aromatic N) is 1. The van der Waals surface area contributed by atoms with E-state index in [1.807, 2.05) is 6.92 Å². The molecule has 1 aliphatic rings. The van der Waals surface area contributed by atoms with Crippen LogP contribution >= 0.6 is 0 Å². The molecule has 2 heterocycles. The molecule has 0 fully saturated rings. The molecule has 0 radical (unpaired) electrons. The molecule has 0 bridgehead atoms. The summed E-state index contributed by atoms with van der Waals surface area (Å²) < 4.78 is 4.76. The number of methoxy groups -OCH3 is 1. The number of H-pyrrole nitrogens is 1. The summed E-state index contributed by atoms with van der Waals surface area (Å²) in [7, 11) is 1.25. The second-order valence-corrected chi connectivity index (χ2v) is 6.00. The molecular formula is C18H19N3O5. The Kier molecular flexibility index (Phi) is 4.77. The third kappa shape index (κ3) is 3.18. The van der Waals surface area contributed by atoms with Crippen LogP contribution in [0.2, 0.25) is 0 Å². The Morgan fingerprint density at radius 3 is 2.81 bits per heavy atom. The molecule has 26 heavy (non-hydrogen) atoms. The van der Waals surface area contributed by atoms with E-state index in [9.17, 15) is 14.4 Å². The fourth-order valence-corrected chi connectivity index (χ4v) is 2.99. The van der Waals surface area contributed by atoms with Crippen LogP contribution in [-0.2, 0) is 14.3 Å². The number of rotatable bonds is 5. The molecular weight excluding hydrogens is 338 g/mol. The molecule has 1 amide bonds. The maximum atomic E-state index is 12.5. The summed E-state index contributed by atoms with van der Waals surface area (Å²) in [4.78, 5) is 40.2. The van der Waals surface area contributed by atoms with E-state index in [1.165, 1.54) is 18.1 Å². The summed E-state index contributed by atoms with van der Waals surface area (Å²) in [5.41, 5.74) is 2.24. The first-order valence-corrected chi connectivity index (χ1v) is 8.07. The summed E-state index contributed by atoms with van der Waals surface area (Å²) in [6, 6.07) is 6.73. The minimum absolute atomic E-state index is 0.0777. The first-order valence-electron chi connectivity index (χ1n) is 8.07. The summed E-state index contributed by atoms with van der Waals surface area (Å²) in [6.07, 6.45) is 0. The maximum Gasteiger partial charge on any atom is 0.337 e. The van der Waals surface area contributed by atoms with Crippen molar-refractivity contribution in [1.82, 2.24) is 9.88 Å². The number of carbonyl (C=O) groups excluding carboxylic acids is 2. The van der Waals surface area contributed by atoms with Crippen LogP contribution in [0.4, 0.5) is 5.69 Å². The lowest BCUT2D eigenvalue weighted by Gasteiger charge is -2.15. The number of aromatic amines is 1. The van der Waals surface area contributed by atoms with Crippen LogP contribution in [0.1, 0.15) is 5.56 Å². The summed E-state index contributed by atoms with van der Waals surface area (Å²) in [5.74, 6) is -0.972. The Labute approximate surface area is 149 Å². The number of anilines is 1. The van der Waals surface area contributed by atoms with E-state index in [-0.39, 0.29) is 42.4 Å². The average Bonchev–Trinajstić information content (AvgIpc) is 2.91. The van der Waals surface area contributed by atoms with Gasteiger partial charge < -0.3 is 25.0 Å². The van der Waals surface area contributed by atoms with Crippen LogP contribution in [-0.4, -0.2) is 53.7 Å². The van der Waals surface area contributed by atoms with Crippen molar-refractivity contribution < 1.29 is 19.4 Å². The Balaban J connectivity index is 1.99. The van der Waals surface area contributed by atoms with Crippen LogP contribution in [0.25, 0.3) is 10.9 Å². The van der Waals surface area contributed by atoms with E-state index < -0.39 is 5.97 Å². The number of hydrogen-bond donors (Lipinski definition) is 3. The van der Waals surface area contributed by atoms with E-state index in [0.717, 1.165) is 10.9 Å². The highest BCUT2D eigenvalue weighted by molar-refractivity contribution is 6.08. The number of fused-ring (bicyclic) bond motifs is 1. The van der Waals surface area contributed by atoms with Crippen LogP contribution in [0, 0.1) is 6.92 Å². The van der Waals surface area contributed by atoms with E-state index in [4.69, 9.17) is 9.84 Å². The number of ether oxygens (including phenoxy) is 1. The van der Waals surface area contributed by atoms with Crippen molar-refractivity contribution in [2.24, 2.45) is 0 Å². The second-order valence-electron chi connectivity index (χ2n) is 6.00. The number of carbonyl (C=O) groups is 2. The van der Waals surface area contributed by atoms with E-state index in [1.54, 1.807) is 18.2 Å². The Hall–Kier alpha value is -3.13. The number of esters is 1. The van der Waals surface area contributed by atoms with Crippen molar-refractivity contribution in [3.63, 3.8) is 0 Å². The predicted molar refractivity (Wildman–Crippen MR) is 95.6 cm³/mol. The van der Waals surface area contributed by atoms with Crippen molar-refractivity contribution in [2.45, 2.75) is 6.92 Å². The number of amides is 1. The number of nitrogens with one attached hydrogen (secondary N) is 2. The lowest BCUT2D eigenvalue weighted by atomic mass is 10.1. The molecule has 1 aromatic carbocycles. The minimum Gasteiger partial charge on any atom is -0.466 e. The smallest absolute Gasteiger partial charge is 0.337 e. The highest BCUT2D eigenvalue weighted by Gasteiger charge is 2.34. The topological polar surface area (TPSA) is 112 Å². The minimum atomic E-state index is -0.595. The lowest BCUT2D eigenvalue weighted by Crippen LogP contribution is -2.31. The largest absolute Gasteiger partial charge is 0.466 e. The second kappa shape index (κ2) is 7.01. The average molecular weight is 357 g/mol. The van der Waals surface area contributed by atoms with Gasteiger partial charge >= 0.3 is 5.97 Å². The van der Waals surface area contributed by atoms with Crippen molar-refractivity contribution in [2.75, 3.05) is 32.1 Å². The Bertz CT molecular complexity index is 976. The number of β-amino-alcohol motifs (C(OH)–C–C–N with tert-alkyl or cyclic N) is 1. The van der Waals surface area contributed by atoms with Gasteiger partial charge in [0.2, 0.25) is 5.56 Å². The Morgan fingerprint density at radius 1 is 1.35 bits per heavy atom. The van der Waals surface area contributed by atoms with Crippen molar-refractivity contribution in [3.05, 3.63) is 51.5 Å². The van der Waals surface area contributed by atoms with Gasteiger partial charge in [-0.25, -0.2) is 4.79 Å². The predicted octanol–water partition coefficient (Wildman–Crippen LogP) is 0.510. The van der Waals surface area contributed by atoms with E-state index in [0.29, 0.717) is 11.2 Å². The first kappa shape index (κ1) is 17.7. The standard InChI is InChI=1S/C18H19N3O5/c1-10-7-15(23)20-14-4-3-11(8-12(10)14)19-16-13(18(25)26-2)9-21(5-6-22)17(16)24/h3-4,7-8,19,22H,5-6,9H2,1-2H3,(H,20,23). The molecule has 1 aromatic heterocycles. The van der Waals surface area contributed by atoms with Gasteiger partial charge in [0.25, 0.3) is 5.91 Å². The molecule has 0 aliphatic carbocycles. The first-order chi connectivity index (χ1) is 12.4. The zero-order valence-corrected chi connectivity index (χ0v) is 14.5. The number of aryl methyl sites for hydroxylation is 1. The molecule has 136 valence electrons. The van der Waals surface area contributed by atoms with Crippen molar-refractivity contribution in [1.29, 1.82) is 0 Å². The van der Waals surface area contributed by atoms with Gasteiger partial charge in [-0.2, -0.15) is 0 Å². The third-order valence-electron chi connectivity index (χ3n) is 4.27. The maximum absolute atomic E-state index is 12.5. The fraction of sp³-hybridized carbons (Fsp3) is 0.278. The van der Waals surface area contributed by atoms with E-state index >= 15 is 0 Å². The zero-order chi connectivity index (χ0) is 18.8. The SMILES string of the molecule is COC(=O)C1=C(Nc2ccc3[nH]c(=O)cc(C)c3c2)C(=O)N(CCO)C1. The molecule has 1 aliphatic heterocycles. The lowest BCUT2D eigenvalue weighted by molar-refractivity contribution is -0.136. The van der Waals surface area contributed by atoms with Gasteiger partial charge in [-0.15, -0.1) is 0 Å². The molecule has 0 spiro atoms. The number of aromatic nitrogens is 1. The van der Waals surface area contributed by atoms with Gasteiger partial charge in [0, 0.05) is 29.2 Å². The summed E-state index contributed by atoms with van der Waals surface area (Å²) in [6.45, 7) is 1.83. The summed E-state index contributed by atoms with van der Waals surface area (Å²) in [5, 5.41) is 12.9.